The summed E-state index contributed by atoms with van der Waals surface area (Å²) in [7, 11) is 0. The van der Waals surface area contributed by atoms with Crippen LogP contribution in [-0.2, 0) is 6.54 Å². The smallest absolute Gasteiger partial charge is 0.253 e. The molecule has 176 valence electrons. The number of ether oxygens (including phenoxy) is 1. The van der Waals surface area contributed by atoms with Crippen molar-refractivity contribution >= 4 is 11.7 Å². The largest absolute Gasteiger partial charge is 0.493 e. The molecular weight excluding hydrogens is 412 g/mol. The molecule has 2 aromatic carbocycles. The molecule has 0 unspecified atom stereocenters. The number of amides is 1. The number of hydrogen-bond acceptors (Lipinski definition) is 4. The lowest BCUT2D eigenvalue weighted by molar-refractivity contribution is 0.0712. The molecule has 4 rings (SSSR count). The first-order chi connectivity index (χ1) is 15.8. The number of Topliss-reactive ketones (excluding diaryl/α,β-unsaturated/α-hetero) is 1. The highest BCUT2D eigenvalue weighted by molar-refractivity contribution is 5.97. The molecule has 0 radical (unpaired) electrons. The van der Waals surface area contributed by atoms with E-state index in [4.69, 9.17) is 4.74 Å². The topological polar surface area (TPSA) is 49.9 Å². The minimum absolute atomic E-state index is 0.0231. The van der Waals surface area contributed by atoms with Crippen molar-refractivity contribution in [2.75, 3.05) is 32.8 Å². The van der Waals surface area contributed by atoms with Crippen LogP contribution in [-0.4, -0.2) is 54.3 Å². The molecule has 5 nitrogen and oxygen atoms in total. The Morgan fingerprint density at radius 2 is 1.58 bits per heavy atom. The standard InChI is InChI=1S/C28H36N2O3/c1-21(2)19-33-26-7-5-4-6-25(26)18-29-15-12-28(13-16-29)14-17-30(20-28)27(32)24-10-8-23(9-11-24)22(3)31/h4-11,21H,12-20H2,1-3H3. The average Bonchev–Trinajstić information content (AvgIpc) is 3.23. The van der Waals surface area contributed by atoms with Gasteiger partial charge in [0.15, 0.2) is 5.78 Å². The second kappa shape index (κ2) is 10.1. The van der Waals surface area contributed by atoms with Gasteiger partial charge in [0.25, 0.3) is 5.91 Å². The molecule has 2 heterocycles. The van der Waals surface area contributed by atoms with Crippen LogP contribution in [0, 0.1) is 11.3 Å². The molecule has 0 aromatic heterocycles. The molecule has 2 saturated heterocycles. The number of rotatable bonds is 7. The SMILES string of the molecule is CC(=O)c1ccc(C(=O)N2CCC3(CCN(Cc4ccccc4OCC(C)C)CC3)C2)cc1. The summed E-state index contributed by atoms with van der Waals surface area (Å²) in [6, 6.07) is 15.5. The van der Waals surface area contributed by atoms with Gasteiger partial charge in [-0.3, -0.25) is 14.5 Å². The number of benzene rings is 2. The predicted octanol–water partition coefficient (Wildman–Crippen LogP) is 5.05. The van der Waals surface area contributed by atoms with E-state index < -0.39 is 0 Å². The number of nitrogens with zero attached hydrogens (tertiary/aromatic N) is 2. The maximum Gasteiger partial charge on any atom is 0.253 e. The minimum atomic E-state index is 0.0231. The van der Waals surface area contributed by atoms with Crippen LogP contribution in [0.4, 0.5) is 0 Å². The molecule has 5 heteroatoms. The van der Waals surface area contributed by atoms with Crippen LogP contribution < -0.4 is 4.74 Å². The van der Waals surface area contributed by atoms with Gasteiger partial charge in [-0.05, 0) is 68.8 Å². The van der Waals surface area contributed by atoms with Crippen LogP contribution in [0.3, 0.4) is 0 Å². The second-order valence-electron chi connectivity index (χ2n) is 10.2. The summed E-state index contributed by atoms with van der Waals surface area (Å²) in [5.74, 6) is 1.61. The van der Waals surface area contributed by atoms with Crippen LogP contribution in [0.2, 0.25) is 0 Å². The average molecular weight is 449 g/mol. The second-order valence-corrected chi connectivity index (χ2v) is 10.2. The number of likely N-dealkylation sites (tertiary alicyclic amines) is 2. The third-order valence-electron chi connectivity index (χ3n) is 7.12. The van der Waals surface area contributed by atoms with Gasteiger partial charge in [-0.25, -0.2) is 0 Å². The van der Waals surface area contributed by atoms with E-state index in [1.54, 1.807) is 31.2 Å². The van der Waals surface area contributed by atoms with Gasteiger partial charge < -0.3 is 9.64 Å². The molecule has 2 aliphatic rings. The van der Waals surface area contributed by atoms with Gasteiger partial charge in [-0.15, -0.1) is 0 Å². The van der Waals surface area contributed by atoms with Gasteiger partial charge >= 0.3 is 0 Å². The number of ketones is 1. The fraction of sp³-hybridized carbons (Fsp3) is 0.500. The number of hydrogen-bond donors (Lipinski definition) is 0. The van der Waals surface area contributed by atoms with E-state index in [2.05, 4.69) is 36.9 Å². The van der Waals surface area contributed by atoms with Crippen molar-refractivity contribution in [2.45, 2.75) is 46.6 Å². The minimum Gasteiger partial charge on any atom is -0.493 e. The molecule has 0 atom stereocenters. The number of carbonyl (C=O) groups is 2. The van der Waals surface area contributed by atoms with Gasteiger partial charge in [0, 0.05) is 36.3 Å². The third-order valence-corrected chi connectivity index (χ3v) is 7.12. The predicted molar refractivity (Wildman–Crippen MR) is 131 cm³/mol. The van der Waals surface area contributed by atoms with E-state index in [0.29, 0.717) is 17.0 Å². The maximum absolute atomic E-state index is 13.0. The van der Waals surface area contributed by atoms with Crippen molar-refractivity contribution in [3.63, 3.8) is 0 Å². The molecule has 0 saturated carbocycles. The quantitative estimate of drug-likeness (QED) is 0.556. The highest BCUT2D eigenvalue weighted by Gasteiger charge is 2.42. The van der Waals surface area contributed by atoms with E-state index in [9.17, 15) is 9.59 Å². The van der Waals surface area contributed by atoms with Crippen LogP contribution >= 0.6 is 0 Å². The maximum atomic E-state index is 13.0. The molecule has 1 amide bonds. The Kier molecular flexibility index (Phi) is 7.18. The van der Waals surface area contributed by atoms with E-state index in [1.807, 2.05) is 11.0 Å². The Balaban J connectivity index is 1.32. The lowest BCUT2D eigenvalue weighted by Gasteiger charge is -2.39. The molecule has 2 aliphatic heterocycles. The third kappa shape index (κ3) is 5.64. The Labute approximate surface area is 197 Å². The van der Waals surface area contributed by atoms with Crippen molar-refractivity contribution in [2.24, 2.45) is 11.3 Å². The first kappa shape index (κ1) is 23.5. The first-order valence-electron chi connectivity index (χ1n) is 12.2. The van der Waals surface area contributed by atoms with E-state index in [1.165, 1.54) is 5.56 Å². The molecule has 2 aromatic rings. The monoisotopic (exact) mass is 448 g/mol. The normalized spacial score (nSPS) is 18.1. The van der Waals surface area contributed by atoms with Gasteiger partial charge in [-0.1, -0.05) is 44.2 Å². The van der Waals surface area contributed by atoms with Crippen molar-refractivity contribution < 1.29 is 14.3 Å². The summed E-state index contributed by atoms with van der Waals surface area (Å²) < 4.78 is 6.05. The number of piperidine rings is 1. The van der Waals surface area contributed by atoms with Gasteiger partial charge in [0.2, 0.25) is 0 Å². The Morgan fingerprint density at radius 3 is 2.24 bits per heavy atom. The van der Waals surface area contributed by atoms with Gasteiger partial charge in [0.1, 0.15) is 5.75 Å². The van der Waals surface area contributed by atoms with E-state index in [-0.39, 0.29) is 17.1 Å². The zero-order valence-electron chi connectivity index (χ0n) is 20.2. The molecule has 33 heavy (non-hydrogen) atoms. The number of para-hydroxylation sites is 1. The van der Waals surface area contributed by atoms with E-state index in [0.717, 1.165) is 64.3 Å². The Morgan fingerprint density at radius 1 is 0.939 bits per heavy atom. The molecule has 2 fully saturated rings. The molecule has 0 N–H and O–H groups in total. The van der Waals surface area contributed by atoms with Gasteiger partial charge in [0.05, 0.1) is 6.61 Å². The Hall–Kier alpha value is -2.66. The van der Waals surface area contributed by atoms with Crippen LogP contribution in [0.1, 0.15) is 66.3 Å². The molecular formula is C28H36N2O3. The summed E-state index contributed by atoms with van der Waals surface area (Å²) in [5, 5.41) is 0. The summed E-state index contributed by atoms with van der Waals surface area (Å²) in [6.45, 7) is 11.3. The summed E-state index contributed by atoms with van der Waals surface area (Å²) in [5.41, 5.74) is 2.81. The van der Waals surface area contributed by atoms with Crippen LogP contribution in [0.25, 0.3) is 0 Å². The first-order valence-corrected chi connectivity index (χ1v) is 12.2. The number of carbonyl (C=O) groups excluding carboxylic acids is 2. The molecule has 0 bridgehead atoms. The van der Waals surface area contributed by atoms with E-state index >= 15 is 0 Å². The van der Waals surface area contributed by atoms with Crippen LogP contribution in [0.5, 0.6) is 5.75 Å². The van der Waals surface area contributed by atoms with Crippen molar-refractivity contribution in [3.05, 3.63) is 65.2 Å². The fourth-order valence-corrected chi connectivity index (χ4v) is 5.00. The lowest BCUT2D eigenvalue weighted by atomic mass is 9.77. The summed E-state index contributed by atoms with van der Waals surface area (Å²) in [6.07, 6.45) is 3.32. The molecule has 1 spiro atoms. The van der Waals surface area contributed by atoms with Crippen molar-refractivity contribution in [3.8, 4) is 5.75 Å². The Bertz CT molecular complexity index is 975. The zero-order valence-corrected chi connectivity index (χ0v) is 20.2. The zero-order chi connectivity index (χ0) is 23.4. The molecule has 0 aliphatic carbocycles. The fourth-order valence-electron chi connectivity index (χ4n) is 5.00. The highest BCUT2D eigenvalue weighted by Crippen LogP contribution is 2.41. The summed E-state index contributed by atoms with van der Waals surface area (Å²) in [4.78, 5) is 29.1. The van der Waals surface area contributed by atoms with Crippen molar-refractivity contribution in [1.82, 2.24) is 9.80 Å². The highest BCUT2D eigenvalue weighted by atomic mass is 16.5. The van der Waals surface area contributed by atoms with Crippen molar-refractivity contribution in [1.29, 1.82) is 0 Å². The van der Waals surface area contributed by atoms with Gasteiger partial charge in [-0.2, -0.15) is 0 Å². The lowest BCUT2D eigenvalue weighted by Crippen LogP contribution is -2.42. The van der Waals surface area contributed by atoms with Crippen LogP contribution in [0.15, 0.2) is 48.5 Å². The summed E-state index contributed by atoms with van der Waals surface area (Å²) >= 11 is 0.